The summed E-state index contributed by atoms with van der Waals surface area (Å²) in [6.07, 6.45) is 0.0468. The number of benzene rings is 2. The van der Waals surface area contributed by atoms with Crippen LogP contribution in [-0.4, -0.2) is 25.6 Å². The van der Waals surface area contributed by atoms with E-state index in [9.17, 15) is 9.59 Å². The predicted molar refractivity (Wildman–Crippen MR) is 113 cm³/mol. The summed E-state index contributed by atoms with van der Waals surface area (Å²) < 4.78 is 10.5. The molecule has 0 aliphatic rings. The Morgan fingerprint density at radius 1 is 1.07 bits per heavy atom. The van der Waals surface area contributed by atoms with E-state index in [0.29, 0.717) is 5.75 Å². The average molecular weight is 410 g/mol. The van der Waals surface area contributed by atoms with Gasteiger partial charge in [-0.1, -0.05) is 54.1 Å². The Balaban J connectivity index is 1.60. The lowest BCUT2D eigenvalue weighted by Gasteiger charge is -2.18. The fourth-order valence-corrected chi connectivity index (χ4v) is 3.82. The van der Waals surface area contributed by atoms with Crippen molar-refractivity contribution in [3.63, 3.8) is 0 Å². The van der Waals surface area contributed by atoms with Gasteiger partial charge in [0.1, 0.15) is 5.75 Å². The maximum Gasteiger partial charge on any atom is 0.310 e. The quantitative estimate of drug-likeness (QED) is 0.570. The lowest BCUT2D eigenvalue weighted by molar-refractivity contribution is -0.148. The Morgan fingerprint density at radius 2 is 1.86 bits per heavy atom. The highest BCUT2D eigenvalue weighted by molar-refractivity contribution is 7.10. The zero-order valence-electron chi connectivity index (χ0n) is 16.4. The van der Waals surface area contributed by atoms with Crippen LogP contribution < -0.4 is 10.1 Å². The van der Waals surface area contributed by atoms with E-state index in [1.807, 2.05) is 73.0 Å². The Hall–Kier alpha value is -3.12. The second kappa shape index (κ2) is 9.89. The van der Waals surface area contributed by atoms with Gasteiger partial charge in [0.2, 0.25) is 0 Å². The zero-order valence-corrected chi connectivity index (χ0v) is 17.2. The number of nitrogens with one attached hydrogen (secondary N) is 1. The largest absolute Gasteiger partial charge is 0.496 e. The van der Waals surface area contributed by atoms with Gasteiger partial charge in [-0.2, -0.15) is 0 Å². The van der Waals surface area contributed by atoms with Crippen LogP contribution in [-0.2, 0) is 20.7 Å². The van der Waals surface area contributed by atoms with Crippen LogP contribution in [0.25, 0.3) is 0 Å². The number of amides is 1. The molecule has 0 radical (unpaired) electrons. The Kier molecular flexibility index (Phi) is 7.03. The molecule has 1 aromatic heterocycles. The van der Waals surface area contributed by atoms with Gasteiger partial charge in [0.25, 0.3) is 5.91 Å². The van der Waals surface area contributed by atoms with Crippen LogP contribution in [0.2, 0.25) is 0 Å². The van der Waals surface area contributed by atoms with Gasteiger partial charge in [-0.05, 0) is 30.0 Å². The van der Waals surface area contributed by atoms with Crippen LogP contribution in [0.3, 0.4) is 0 Å². The van der Waals surface area contributed by atoms with Crippen LogP contribution in [0.15, 0.2) is 66.0 Å². The standard InChI is InChI=1S/C23H23NO4S/c1-16-10-11-19(27-2)18(13-16)14-22(26)28-15-21(25)24-23(20-9-6-12-29-20)17-7-4-3-5-8-17/h3-13,23H,14-15H2,1-2H3,(H,24,25)/t23-/m1/s1. The van der Waals surface area contributed by atoms with Gasteiger partial charge in [-0.15, -0.1) is 11.3 Å². The number of carbonyl (C=O) groups is 2. The van der Waals surface area contributed by atoms with Crippen LogP contribution in [0, 0.1) is 6.92 Å². The lowest BCUT2D eigenvalue weighted by Crippen LogP contribution is -2.32. The molecule has 0 unspecified atom stereocenters. The average Bonchev–Trinajstić information content (AvgIpc) is 3.26. The summed E-state index contributed by atoms with van der Waals surface area (Å²) >= 11 is 1.56. The van der Waals surface area contributed by atoms with Gasteiger partial charge in [0, 0.05) is 10.4 Å². The fraction of sp³-hybridized carbons (Fsp3) is 0.217. The van der Waals surface area contributed by atoms with E-state index < -0.39 is 5.97 Å². The predicted octanol–water partition coefficient (Wildman–Crippen LogP) is 4.06. The van der Waals surface area contributed by atoms with Crippen molar-refractivity contribution < 1.29 is 19.1 Å². The van der Waals surface area contributed by atoms with Gasteiger partial charge in [-0.3, -0.25) is 9.59 Å². The molecule has 0 fully saturated rings. The van der Waals surface area contributed by atoms with Gasteiger partial charge < -0.3 is 14.8 Å². The van der Waals surface area contributed by atoms with E-state index in [0.717, 1.165) is 21.6 Å². The molecule has 0 saturated heterocycles. The van der Waals surface area contributed by atoms with Crippen molar-refractivity contribution in [1.29, 1.82) is 0 Å². The van der Waals surface area contributed by atoms with Crippen molar-refractivity contribution in [3.8, 4) is 5.75 Å². The molecule has 0 saturated carbocycles. The SMILES string of the molecule is COc1ccc(C)cc1CC(=O)OCC(=O)N[C@H](c1ccccc1)c1cccs1. The summed E-state index contributed by atoms with van der Waals surface area (Å²) in [6, 6.07) is 18.9. The minimum absolute atomic E-state index is 0.0468. The number of esters is 1. The summed E-state index contributed by atoms with van der Waals surface area (Å²) in [5.74, 6) is -0.202. The van der Waals surface area contributed by atoms with E-state index in [4.69, 9.17) is 9.47 Å². The number of aryl methyl sites for hydroxylation is 1. The summed E-state index contributed by atoms with van der Waals surface area (Å²) in [7, 11) is 1.56. The first kappa shape index (κ1) is 20.6. The molecule has 1 N–H and O–H groups in total. The smallest absolute Gasteiger partial charge is 0.310 e. The third-order valence-corrected chi connectivity index (χ3v) is 5.34. The lowest BCUT2D eigenvalue weighted by atomic mass is 10.1. The van der Waals surface area contributed by atoms with Crippen molar-refractivity contribution in [1.82, 2.24) is 5.32 Å². The molecule has 0 spiro atoms. The van der Waals surface area contributed by atoms with Crippen molar-refractivity contribution in [2.24, 2.45) is 0 Å². The van der Waals surface area contributed by atoms with E-state index in [-0.39, 0.29) is 25.0 Å². The second-order valence-corrected chi connectivity index (χ2v) is 7.56. The maximum absolute atomic E-state index is 12.4. The molecule has 1 heterocycles. The summed E-state index contributed by atoms with van der Waals surface area (Å²) in [5.41, 5.74) is 2.73. The highest BCUT2D eigenvalue weighted by Gasteiger charge is 2.19. The van der Waals surface area contributed by atoms with Crippen LogP contribution in [0.1, 0.15) is 27.6 Å². The topological polar surface area (TPSA) is 64.6 Å². The number of hydrogen-bond acceptors (Lipinski definition) is 5. The molecule has 3 rings (SSSR count). The first-order valence-electron chi connectivity index (χ1n) is 9.23. The van der Waals surface area contributed by atoms with Crippen molar-refractivity contribution in [2.45, 2.75) is 19.4 Å². The normalized spacial score (nSPS) is 11.5. The van der Waals surface area contributed by atoms with Gasteiger partial charge in [0.15, 0.2) is 6.61 Å². The second-order valence-electron chi connectivity index (χ2n) is 6.58. The number of methoxy groups -OCH3 is 1. The van der Waals surface area contributed by atoms with Crippen molar-refractivity contribution >= 4 is 23.2 Å². The number of rotatable bonds is 8. The minimum atomic E-state index is -0.476. The number of carbonyl (C=O) groups excluding carboxylic acids is 2. The van der Waals surface area contributed by atoms with E-state index in [1.165, 1.54) is 0 Å². The Labute approximate surface area is 174 Å². The van der Waals surface area contributed by atoms with Crippen molar-refractivity contribution in [3.05, 3.63) is 87.6 Å². The Morgan fingerprint density at radius 3 is 2.55 bits per heavy atom. The highest BCUT2D eigenvalue weighted by Crippen LogP contribution is 2.26. The summed E-state index contributed by atoms with van der Waals surface area (Å²) in [4.78, 5) is 25.7. The maximum atomic E-state index is 12.4. The first-order chi connectivity index (χ1) is 14.1. The van der Waals surface area contributed by atoms with Gasteiger partial charge in [-0.25, -0.2) is 0 Å². The molecule has 2 aromatic carbocycles. The molecule has 29 heavy (non-hydrogen) atoms. The van der Waals surface area contributed by atoms with E-state index in [1.54, 1.807) is 18.4 Å². The minimum Gasteiger partial charge on any atom is -0.496 e. The molecule has 0 aliphatic carbocycles. The van der Waals surface area contributed by atoms with Gasteiger partial charge in [0.05, 0.1) is 19.6 Å². The number of thiophene rings is 1. The number of hydrogen-bond donors (Lipinski definition) is 1. The highest BCUT2D eigenvalue weighted by atomic mass is 32.1. The zero-order chi connectivity index (χ0) is 20.6. The van der Waals surface area contributed by atoms with Crippen LogP contribution >= 0.6 is 11.3 Å². The third-order valence-electron chi connectivity index (χ3n) is 4.40. The summed E-state index contributed by atoms with van der Waals surface area (Å²) in [6.45, 7) is 1.61. The third kappa shape index (κ3) is 5.68. The van der Waals surface area contributed by atoms with Crippen LogP contribution in [0.5, 0.6) is 5.75 Å². The number of ether oxygens (including phenoxy) is 2. The molecule has 3 aromatic rings. The molecule has 6 heteroatoms. The molecule has 150 valence electrons. The monoisotopic (exact) mass is 409 g/mol. The van der Waals surface area contributed by atoms with Crippen molar-refractivity contribution in [2.75, 3.05) is 13.7 Å². The molecule has 0 aliphatic heterocycles. The van der Waals surface area contributed by atoms with E-state index >= 15 is 0 Å². The summed E-state index contributed by atoms with van der Waals surface area (Å²) in [5, 5.41) is 4.92. The molecule has 5 nitrogen and oxygen atoms in total. The molecular weight excluding hydrogens is 386 g/mol. The first-order valence-corrected chi connectivity index (χ1v) is 10.1. The van der Waals surface area contributed by atoms with Crippen LogP contribution in [0.4, 0.5) is 0 Å². The van der Waals surface area contributed by atoms with Gasteiger partial charge >= 0.3 is 5.97 Å². The molecular formula is C23H23NO4S. The van der Waals surface area contributed by atoms with E-state index in [2.05, 4.69) is 5.32 Å². The fourth-order valence-electron chi connectivity index (χ4n) is 3.02. The molecule has 1 amide bonds. The molecule has 0 bridgehead atoms. The Bertz CT molecular complexity index is 954. The molecule has 1 atom stereocenters.